The largest absolute Gasteiger partial charge is 0.354 e. The van der Waals surface area contributed by atoms with E-state index in [1.807, 2.05) is 13.8 Å². The molecule has 5 rings (SSSR count). The fraction of sp³-hybridized carbons (Fsp3) is 0.818. The van der Waals surface area contributed by atoms with Gasteiger partial charge in [-0.2, -0.15) is 0 Å². The Labute approximate surface area is 177 Å². The number of fused-ring (bicyclic) bond motifs is 3. The van der Waals surface area contributed by atoms with Gasteiger partial charge < -0.3 is 21.3 Å². The molecular weight excluding hydrogens is 384 g/mol. The van der Waals surface area contributed by atoms with Gasteiger partial charge in [0.1, 0.15) is 12.1 Å². The van der Waals surface area contributed by atoms with Gasteiger partial charge in [0, 0.05) is 23.9 Å². The molecule has 4 N–H and O–H groups in total. The van der Waals surface area contributed by atoms with E-state index in [1.165, 1.54) is 0 Å². The maximum atomic E-state index is 13.2. The van der Waals surface area contributed by atoms with Crippen molar-refractivity contribution in [3.8, 4) is 0 Å². The van der Waals surface area contributed by atoms with Crippen LogP contribution in [0.2, 0.25) is 0 Å². The number of carbonyl (C=O) groups is 4. The average Bonchev–Trinajstić information content (AvgIpc) is 2.74. The summed E-state index contributed by atoms with van der Waals surface area (Å²) in [5, 5.41) is 11.7. The third kappa shape index (κ3) is 3.58. The number of hydrogen-bond acceptors (Lipinski definition) is 4. The maximum absolute atomic E-state index is 13.2. The quantitative estimate of drug-likeness (QED) is 0.535. The molecule has 2 heterocycles. The SMILES string of the molecule is CC1CCNC(=O)C1NC(=O)C12CCC(C(=O)NC3C(=O)NCCC3C)(CC1)CC2. The highest BCUT2D eigenvalue weighted by Crippen LogP contribution is 2.57. The molecule has 0 aromatic heterocycles. The van der Waals surface area contributed by atoms with Gasteiger partial charge in [-0.05, 0) is 63.2 Å². The molecule has 0 spiro atoms. The number of amides is 4. The van der Waals surface area contributed by atoms with Crippen LogP contribution in [-0.4, -0.2) is 48.8 Å². The lowest BCUT2D eigenvalue weighted by atomic mass is 9.53. The van der Waals surface area contributed by atoms with Gasteiger partial charge in [-0.25, -0.2) is 0 Å². The Morgan fingerprint density at radius 1 is 0.733 bits per heavy atom. The Bertz CT molecular complexity index is 665. The van der Waals surface area contributed by atoms with Crippen LogP contribution in [0.25, 0.3) is 0 Å². The van der Waals surface area contributed by atoms with Crippen molar-refractivity contribution < 1.29 is 19.2 Å². The zero-order chi connectivity index (χ0) is 21.5. The number of piperidine rings is 2. The predicted molar refractivity (Wildman–Crippen MR) is 110 cm³/mol. The Morgan fingerprint density at radius 2 is 1.07 bits per heavy atom. The van der Waals surface area contributed by atoms with Crippen molar-refractivity contribution >= 4 is 23.6 Å². The molecule has 5 fully saturated rings. The molecule has 0 radical (unpaired) electrons. The molecule has 8 nitrogen and oxygen atoms in total. The lowest BCUT2D eigenvalue weighted by Crippen LogP contribution is -2.62. The molecule has 8 heteroatoms. The third-order valence-electron chi connectivity index (χ3n) is 8.28. The number of hydrogen-bond donors (Lipinski definition) is 4. The van der Waals surface area contributed by atoms with Gasteiger partial charge in [0.2, 0.25) is 23.6 Å². The predicted octanol–water partition coefficient (Wildman–Crippen LogP) is 0.609. The van der Waals surface area contributed by atoms with Gasteiger partial charge in [0.25, 0.3) is 0 Å². The van der Waals surface area contributed by atoms with Crippen LogP contribution in [0, 0.1) is 22.7 Å². The normalized spacial score (nSPS) is 40.9. The van der Waals surface area contributed by atoms with E-state index in [4.69, 9.17) is 0 Å². The first-order chi connectivity index (χ1) is 14.3. The first kappa shape index (κ1) is 21.1. The standard InChI is InChI=1S/C22H34N4O4/c1-13-3-11-23-17(27)15(13)25-19(29)21-5-8-22(9-6-21,10-7-21)20(30)26-16-14(2)4-12-24-18(16)28/h13-16H,3-12H2,1-2H3,(H,23,27)(H,24,28)(H,25,29)(H,26,30). The molecule has 2 bridgehead atoms. The van der Waals surface area contributed by atoms with E-state index in [0.29, 0.717) is 51.6 Å². The summed E-state index contributed by atoms with van der Waals surface area (Å²) >= 11 is 0. The zero-order valence-corrected chi connectivity index (χ0v) is 18.0. The fourth-order valence-electron chi connectivity index (χ4n) is 5.79. The van der Waals surface area contributed by atoms with Crippen molar-refractivity contribution in [3.63, 3.8) is 0 Å². The molecular formula is C22H34N4O4. The molecule has 4 unspecified atom stereocenters. The van der Waals surface area contributed by atoms with Gasteiger partial charge in [0.15, 0.2) is 0 Å². The number of rotatable bonds is 4. The van der Waals surface area contributed by atoms with Gasteiger partial charge in [0.05, 0.1) is 0 Å². The van der Waals surface area contributed by atoms with E-state index >= 15 is 0 Å². The molecule has 0 aromatic carbocycles. The molecule has 5 aliphatic rings. The lowest BCUT2D eigenvalue weighted by Gasteiger charge is -2.52. The topological polar surface area (TPSA) is 116 Å². The van der Waals surface area contributed by atoms with Crippen LogP contribution in [-0.2, 0) is 19.2 Å². The van der Waals surface area contributed by atoms with Gasteiger partial charge in [-0.1, -0.05) is 13.8 Å². The van der Waals surface area contributed by atoms with E-state index in [2.05, 4.69) is 21.3 Å². The Hall–Kier alpha value is -2.12. The smallest absolute Gasteiger partial charge is 0.242 e. The molecule has 3 saturated carbocycles. The molecule has 166 valence electrons. The lowest BCUT2D eigenvalue weighted by molar-refractivity contribution is -0.153. The van der Waals surface area contributed by atoms with Crippen molar-refractivity contribution in [3.05, 3.63) is 0 Å². The van der Waals surface area contributed by atoms with Crippen LogP contribution in [0.5, 0.6) is 0 Å². The highest BCUT2D eigenvalue weighted by atomic mass is 16.2. The second-order valence-corrected chi connectivity index (χ2v) is 10.1. The minimum atomic E-state index is -0.477. The Morgan fingerprint density at radius 3 is 1.37 bits per heavy atom. The summed E-state index contributed by atoms with van der Waals surface area (Å²) in [4.78, 5) is 50.7. The van der Waals surface area contributed by atoms with Gasteiger partial charge >= 0.3 is 0 Å². The minimum absolute atomic E-state index is 0.0367. The first-order valence-electron chi connectivity index (χ1n) is 11.4. The van der Waals surface area contributed by atoms with Crippen LogP contribution in [0.15, 0.2) is 0 Å². The Kier molecular flexibility index (Phi) is 5.53. The van der Waals surface area contributed by atoms with Crippen LogP contribution in [0.3, 0.4) is 0 Å². The molecule has 30 heavy (non-hydrogen) atoms. The minimum Gasteiger partial charge on any atom is -0.354 e. The van der Waals surface area contributed by atoms with E-state index in [-0.39, 0.29) is 35.5 Å². The highest BCUT2D eigenvalue weighted by molar-refractivity contribution is 5.93. The molecule has 2 aliphatic heterocycles. The van der Waals surface area contributed by atoms with Crippen molar-refractivity contribution in [1.29, 1.82) is 0 Å². The third-order valence-corrected chi connectivity index (χ3v) is 8.28. The molecule has 0 aromatic rings. The average molecular weight is 419 g/mol. The summed E-state index contributed by atoms with van der Waals surface area (Å²) in [7, 11) is 0. The molecule has 4 amide bonds. The molecule has 3 aliphatic carbocycles. The van der Waals surface area contributed by atoms with Crippen molar-refractivity contribution in [2.24, 2.45) is 22.7 Å². The summed E-state index contributed by atoms with van der Waals surface area (Å²) in [6.07, 6.45) is 5.65. The summed E-state index contributed by atoms with van der Waals surface area (Å²) < 4.78 is 0. The van der Waals surface area contributed by atoms with E-state index in [9.17, 15) is 19.2 Å². The monoisotopic (exact) mass is 418 g/mol. The maximum Gasteiger partial charge on any atom is 0.242 e. The van der Waals surface area contributed by atoms with Crippen molar-refractivity contribution in [2.45, 2.75) is 77.3 Å². The summed E-state index contributed by atoms with van der Waals surface area (Å²) in [5.74, 6) is -0.0206. The van der Waals surface area contributed by atoms with E-state index < -0.39 is 22.9 Å². The highest BCUT2D eigenvalue weighted by Gasteiger charge is 2.56. The summed E-state index contributed by atoms with van der Waals surface area (Å²) in [6, 6.07) is -0.937. The van der Waals surface area contributed by atoms with Crippen LogP contribution >= 0.6 is 0 Å². The number of nitrogens with one attached hydrogen (secondary N) is 4. The zero-order valence-electron chi connectivity index (χ0n) is 18.0. The summed E-state index contributed by atoms with van der Waals surface area (Å²) in [6.45, 7) is 5.32. The van der Waals surface area contributed by atoms with Gasteiger partial charge in [-0.3, -0.25) is 19.2 Å². The Balaban J connectivity index is 1.38. The van der Waals surface area contributed by atoms with E-state index in [1.54, 1.807) is 0 Å². The van der Waals surface area contributed by atoms with Crippen LogP contribution in [0.1, 0.15) is 65.2 Å². The second-order valence-electron chi connectivity index (χ2n) is 10.1. The van der Waals surface area contributed by atoms with Crippen LogP contribution < -0.4 is 21.3 Å². The fourth-order valence-corrected chi connectivity index (χ4v) is 5.79. The first-order valence-corrected chi connectivity index (χ1v) is 11.4. The van der Waals surface area contributed by atoms with Crippen molar-refractivity contribution in [2.75, 3.05) is 13.1 Å². The molecule has 2 saturated heterocycles. The van der Waals surface area contributed by atoms with E-state index in [0.717, 1.165) is 12.8 Å². The van der Waals surface area contributed by atoms with Gasteiger partial charge in [-0.15, -0.1) is 0 Å². The second kappa shape index (κ2) is 7.85. The van der Waals surface area contributed by atoms with Crippen molar-refractivity contribution in [1.82, 2.24) is 21.3 Å². The molecule has 4 atom stereocenters. The summed E-state index contributed by atoms with van der Waals surface area (Å²) in [5.41, 5.74) is -0.954. The van der Waals surface area contributed by atoms with Crippen LogP contribution in [0.4, 0.5) is 0 Å². The number of carbonyl (C=O) groups excluding carboxylic acids is 4.